The molecule has 11 heavy (non-hydrogen) atoms. The second-order valence-electron chi connectivity index (χ2n) is 1.76. The van der Waals surface area contributed by atoms with Crippen LogP contribution in [0.25, 0.3) is 0 Å². The Hall–Kier alpha value is -0.740. The maximum absolute atomic E-state index is 4.92. The molecule has 0 saturated carbocycles. The van der Waals surface area contributed by atoms with Crippen LogP contribution in [0.2, 0.25) is 0 Å². The van der Waals surface area contributed by atoms with Crippen LogP contribution in [0.1, 0.15) is 0 Å². The summed E-state index contributed by atoms with van der Waals surface area (Å²) in [5, 5.41) is 0. The molecule has 0 rings (SSSR count). The topological polar surface area (TPSA) is 36.9 Å². The van der Waals surface area contributed by atoms with Crippen molar-refractivity contribution >= 4 is 0 Å². The first-order chi connectivity index (χ1) is 5.29. The Kier molecular flexibility index (Phi) is 5.60. The lowest BCUT2D eigenvalue weighted by Crippen LogP contribution is -2.17. The second-order valence-corrected chi connectivity index (χ2v) is 1.76. The lowest BCUT2D eigenvalue weighted by atomic mass is 10.5. The fourth-order valence-corrected chi connectivity index (χ4v) is 0.645. The van der Waals surface area contributed by atoms with Crippen LogP contribution in [0.4, 0.5) is 0 Å². The molecule has 0 unspecified atom stereocenters. The quantitative estimate of drug-likeness (QED) is 0.441. The summed E-state index contributed by atoms with van der Waals surface area (Å²) in [6.45, 7) is 0. The zero-order chi connectivity index (χ0) is 8.69. The number of methoxy groups -OCH3 is 4. The summed E-state index contributed by atoms with van der Waals surface area (Å²) in [6, 6.07) is 0. The van der Waals surface area contributed by atoms with Crippen LogP contribution in [-0.2, 0) is 18.9 Å². The summed E-state index contributed by atoms with van der Waals surface area (Å²) in [5.41, 5.74) is 0. The lowest BCUT2D eigenvalue weighted by molar-refractivity contribution is -0.103. The first-order valence-electron chi connectivity index (χ1n) is 3.12. The van der Waals surface area contributed by atoms with Gasteiger partial charge < -0.3 is 18.9 Å². The predicted molar refractivity (Wildman–Crippen MR) is 39.9 cm³/mol. The second kappa shape index (κ2) is 6.00. The van der Waals surface area contributed by atoms with Gasteiger partial charge in [-0.25, -0.2) is 0 Å². The molecule has 0 aliphatic carbocycles. The van der Waals surface area contributed by atoms with Crippen LogP contribution in [0.15, 0.2) is 12.0 Å². The molecule has 0 aliphatic heterocycles. The largest absolute Gasteiger partial charge is 0.501 e. The van der Waals surface area contributed by atoms with Gasteiger partial charge in [0.1, 0.15) is 6.26 Å². The number of rotatable bonds is 5. The van der Waals surface area contributed by atoms with Gasteiger partial charge in [-0.05, 0) is 0 Å². The maximum atomic E-state index is 4.92. The zero-order valence-corrected chi connectivity index (χ0v) is 7.29. The molecule has 0 atom stereocenters. The van der Waals surface area contributed by atoms with Crippen molar-refractivity contribution < 1.29 is 18.9 Å². The molecule has 0 N–H and O–H groups in total. The Bertz CT molecular complexity index is 118. The van der Waals surface area contributed by atoms with Crippen molar-refractivity contribution in [2.24, 2.45) is 0 Å². The van der Waals surface area contributed by atoms with Gasteiger partial charge in [-0.3, -0.25) is 0 Å². The highest BCUT2D eigenvalue weighted by Crippen LogP contribution is 2.06. The van der Waals surface area contributed by atoms with Gasteiger partial charge in [0, 0.05) is 14.2 Å². The van der Waals surface area contributed by atoms with E-state index in [-0.39, 0.29) is 0 Å². The molecule has 4 nitrogen and oxygen atoms in total. The summed E-state index contributed by atoms with van der Waals surface area (Å²) in [7, 11) is 6.10. The molecule has 0 bridgehead atoms. The van der Waals surface area contributed by atoms with Gasteiger partial charge in [0.2, 0.25) is 6.29 Å². The molecule has 0 fully saturated rings. The molecule has 0 heterocycles. The van der Waals surface area contributed by atoms with Crippen LogP contribution >= 0.6 is 0 Å². The fourth-order valence-electron chi connectivity index (χ4n) is 0.645. The fraction of sp³-hybridized carbons (Fsp3) is 0.714. The van der Waals surface area contributed by atoms with E-state index in [9.17, 15) is 0 Å². The van der Waals surface area contributed by atoms with E-state index in [1.807, 2.05) is 0 Å². The normalized spacial score (nSPS) is 11.9. The van der Waals surface area contributed by atoms with E-state index >= 15 is 0 Å². The summed E-state index contributed by atoms with van der Waals surface area (Å²) in [6.07, 6.45) is 0.928. The van der Waals surface area contributed by atoms with Gasteiger partial charge >= 0.3 is 0 Å². The van der Waals surface area contributed by atoms with Crippen LogP contribution < -0.4 is 0 Å². The van der Waals surface area contributed by atoms with Gasteiger partial charge in [0.25, 0.3) is 0 Å². The van der Waals surface area contributed by atoms with Crippen molar-refractivity contribution in [3.63, 3.8) is 0 Å². The third-order valence-electron chi connectivity index (χ3n) is 1.13. The SMILES string of the molecule is CO/C=C(\OC)C(OC)OC. The van der Waals surface area contributed by atoms with Gasteiger partial charge in [0.15, 0.2) is 5.76 Å². The minimum Gasteiger partial charge on any atom is -0.501 e. The number of ether oxygens (including phenoxy) is 4. The highest BCUT2D eigenvalue weighted by Gasteiger charge is 2.12. The number of hydrogen-bond acceptors (Lipinski definition) is 4. The third kappa shape index (κ3) is 3.25. The molecular weight excluding hydrogens is 148 g/mol. The highest BCUT2D eigenvalue weighted by atomic mass is 16.7. The summed E-state index contributed by atoms with van der Waals surface area (Å²) < 4.78 is 19.5. The van der Waals surface area contributed by atoms with Crippen LogP contribution in [0, 0.1) is 0 Å². The molecule has 66 valence electrons. The van der Waals surface area contributed by atoms with Gasteiger partial charge in [-0.1, -0.05) is 0 Å². The monoisotopic (exact) mass is 162 g/mol. The van der Waals surface area contributed by atoms with Crippen molar-refractivity contribution in [3.05, 3.63) is 12.0 Å². The third-order valence-corrected chi connectivity index (χ3v) is 1.13. The maximum Gasteiger partial charge on any atom is 0.219 e. The smallest absolute Gasteiger partial charge is 0.219 e. The average Bonchev–Trinajstić information content (AvgIpc) is 2.05. The van der Waals surface area contributed by atoms with E-state index in [1.54, 1.807) is 0 Å². The van der Waals surface area contributed by atoms with Gasteiger partial charge in [-0.2, -0.15) is 0 Å². The zero-order valence-electron chi connectivity index (χ0n) is 7.29. The predicted octanol–water partition coefficient (Wildman–Crippen LogP) is 0.739. The summed E-state index contributed by atoms with van der Waals surface area (Å²) in [4.78, 5) is 0. The molecule has 4 heteroatoms. The molecule has 0 radical (unpaired) electrons. The van der Waals surface area contributed by atoms with Gasteiger partial charge in [-0.15, -0.1) is 0 Å². The molecule has 0 aromatic heterocycles. The van der Waals surface area contributed by atoms with E-state index in [0.29, 0.717) is 5.76 Å². The van der Waals surface area contributed by atoms with Crippen molar-refractivity contribution in [2.75, 3.05) is 28.4 Å². The van der Waals surface area contributed by atoms with Crippen LogP contribution in [-0.4, -0.2) is 34.7 Å². The Morgan fingerprint density at radius 2 is 1.64 bits per heavy atom. The highest BCUT2D eigenvalue weighted by molar-refractivity contribution is 4.91. The van der Waals surface area contributed by atoms with Crippen LogP contribution in [0.5, 0.6) is 0 Å². The summed E-state index contributed by atoms with van der Waals surface area (Å²) in [5.74, 6) is 0.498. The molecule has 0 aromatic carbocycles. The Morgan fingerprint density at radius 1 is 1.09 bits per heavy atom. The first kappa shape index (κ1) is 10.3. The first-order valence-corrected chi connectivity index (χ1v) is 3.12. The van der Waals surface area contributed by atoms with E-state index in [1.165, 1.54) is 34.7 Å². The van der Waals surface area contributed by atoms with E-state index in [2.05, 4.69) is 0 Å². The Balaban J connectivity index is 4.09. The molecular formula is C7H14O4. The molecule has 0 spiro atoms. The minimum absolute atomic E-state index is 0.498. The Labute approximate surface area is 66.7 Å². The lowest BCUT2D eigenvalue weighted by Gasteiger charge is -2.14. The van der Waals surface area contributed by atoms with E-state index in [4.69, 9.17) is 18.9 Å². The molecule has 0 aromatic rings. The molecule has 0 aliphatic rings. The van der Waals surface area contributed by atoms with E-state index in [0.717, 1.165) is 0 Å². The van der Waals surface area contributed by atoms with Gasteiger partial charge in [0.05, 0.1) is 14.2 Å². The van der Waals surface area contributed by atoms with Crippen molar-refractivity contribution in [1.82, 2.24) is 0 Å². The van der Waals surface area contributed by atoms with Crippen molar-refractivity contribution in [2.45, 2.75) is 6.29 Å². The number of hydrogen-bond donors (Lipinski definition) is 0. The minimum atomic E-state index is -0.500. The summed E-state index contributed by atoms with van der Waals surface area (Å²) >= 11 is 0. The molecule has 0 amide bonds. The Morgan fingerprint density at radius 3 is 1.91 bits per heavy atom. The van der Waals surface area contributed by atoms with Crippen molar-refractivity contribution in [1.29, 1.82) is 0 Å². The van der Waals surface area contributed by atoms with Crippen LogP contribution in [0.3, 0.4) is 0 Å². The average molecular weight is 162 g/mol. The van der Waals surface area contributed by atoms with Crippen molar-refractivity contribution in [3.8, 4) is 0 Å². The standard InChI is InChI=1S/C7H14O4/c1-8-5-6(9-2)7(10-3)11-4/h5,7H,1-4H3/b6-5-. The van der Waals surface area contributed by atoms with E-state index < -0.39 is 6.29 Å². The molecule has 0 saturated heterocycles.